The molecular formula is C19H28N5O3+. The van der Waals surface area contributed by atoms with Gasteiger partial charge < -0.3 is 10.6 Å². The minimum absolute atomic E-state index is 0.219. The number of amides is 3. The summed E-state index contributed by atoms with van der Waals surface area (Å²) in [4.78, 5) is 37.2. The van der Waals surface area contributed by atoms with Gasteiger partial charge in [0.1, 0.15) is 5.69 Å². The van der Waals surface area contributed by atoms with Gasteiger partial charge in [0.05, 0.1) is 0 Å². The van der Waals surface area contributed by atoms with Crippen LogP contribution in [0.15, 0.2) is 41.7 Å². The smallest absolute Gasteiger partial charge is 0.365 e. The molecule has 0 spiro atoms. The summed E-state index contributed by atoms with van der Waals surface area (Å²) < 4.78 is 0. The fourth-order valence-corrected chi connectivity index (χ4v) is 3.25. The van der Waals surface area contributed by atoms with Crippen LogP contribution < -0.4 is 27.2 Å². The minimum atomic E-state index is -0.328. The Morgan fingerprint density at radius 2 is 1.70 bits per heavy atom. The molecule has 3 amide bonds. The zero-order chi connectivity index (χ0) is 19.8. The molecular weight excluding hydrogens is 346 g/mol. The highest BCUT2D eigenvalue weighted by atomic mass is 16.2. The summed E-state index contributed by atoms with van der Waals surface area (Å²) in [6, 6.07) is 9.20. The Labute approximate surface area is 158 Å². The fraction of sp³-hybridized carbons (Fsp3) is 0.421. The van der Waals surface area contributed by atoms with E-state index in [1.165, 1.54) is 5.32 Å². The van der Waals surface area contributed by atoms with Gasteiger partial charge >= 0.3 is 5.91 Å². The predicted molar refractivity (Wildman–Crippen MR) is 101 cm³/mol. The molecule has 0 radical (unpaired) electrons. The maximum Gasteiger partial charge on any atom is 0.365 e. The lowest BCUT2D eigenvalue weighted by Crippen LogP contribution is -2.83. The molecule has 1 saturated carbocycles. The van der Waals surface area contributed by atoms with E-state index in [4.69, 9.17) is 5.84 Å². The van der Waals surface area contributed by atoms with Crippen LogP contribution in [0.2, 0.25) is 0 Å². The molecule has 146 valence electrons. The monoisotopic (exact) mass is 374 g/mol. The Balaban J connectivity index is 2.08. The molecule has 0 heterocycles. The van der Waals surface area contributed by atoms with Gasteiger partial charge in [-0.2, -0.15) is 0 Å². The van der Waals surface area contributed by atoms with Crippen molar-refractivity contribution in [2.75, 3.05) is 7.05 Å². The Bertz CT molecular complexity index is 717. The standard InChI is InChI=1S/C19H27N5O3/c1-12(21-2)16(19(27)22-15-9-4-3-5-10-15)23-17(25)13-7-6-8-14(11-13)18(26)24-20/h3-5,9-10,13-14,21H,6-8,11,20H2,1-2H3,(H,22,27)(H,23,25)(H,24,26)/p+1/b16-12+. The predicted octanol–water partition coefficient (Wildman–Crippen LogP) is -0.228. The van der Waals surface area contributed by atoms with Crippen molar-refractivity contribution in [2.45, 2.75) is 32.6 Å². The molecule has 2 atom stereocenters. The van der Waals surface area contributed by atoms with Crippen molar-refractivity contribution < 1.29 is 19.7 Å². The molecule has 2 unspecified atom stereocenters. The molecule has 8 nitrogen and oxygen atoms in total. The van der Waals surface area contributed by atoms with Crippen molar-refractivity contribution in [2.24, 2.45) is 17.7 Å². The number of hydrogen-bond acceptors (Lipinski definition) is 5. The number of para-hydroxylation sites is 1. The number of carbonyl (C=O) groups excluding carboxylic acids is 3. The number of rotatable bonds is 6. The normalized spacial score (nSPS) is 20.3. The molecule has 8 heteroatoms. The SMILES string of the molecule is CN/C(C)=C(/NC(=O)C1CCCC(C(=O)NN)C1)C(=O)[NH2+]c1ccccc1. The second-order valence-electron chi connectivity index (χ2n) is 6.73. The number of hydrazine groups is 1. The zero-order valence-corrected chi connectivity index (χ0v) is 15.7. The van der Waals surface area contributed by atoms with Crippen LogP contribution in [0.4, 0.5) is 5.69 Å². The number of hydrogen-bond donors (Lipinski definition) is 5. The van der Waals surface area contributed by atoms with Gasteiger partial charge in [-0.25, -0.2) is 16.0 Å². The van der Waals surface area contributed by atoms with Crippen LogP contribution in [0.1, 0.15) is 32.6 Å². The molecule has 2 rings (SSSR count). The number of allylic oxidation sites excluding steroid dienone is 1. The Morgan fingerprint density at radius 1 is 1.07 bits per heavy atom. The van der Waals surface area contributed by atoms with Crippen LogP contribution in [0.25, 0.3) is 0 Å². The fourth-order valence-electron chi connectivity index (χ4n) is 3.25. The van der Waals surface area contributed by atoms with Crippen molar-refractivity contribution in [1.82, 2.24) is 16.1 Å². The number of primary amides is 1. The van der Waals surface area contributed by atoms with Gasteiger partial charge in [-0.15, -0.1) is 0 Å². The van der Waals surface area contributed by atoms with E-state index in [9.17, 15) is 14.4 Å². The summed E-state index contributed by atoms with van der Waals surface area (Å²) in [7, 11) is 1.69. The van der Waals surface area contributed by atoms with Crippen molar-refractivity contribution >= 4 is 23.4 Å². The van der Waals surface area contributed by atoms with Crippen molar-refractivity contribution in [3.63, 3.8) is 0 Å². The van der Waals surface area contributed by atoms with E-state index in [-0.39, 0.29) is 35.3 Å². The molecule has 1 fully saturated rings. The molecule has 1 aliphatic carbocycles. The lowest BCUT2D eigenvalue weighted by atomic mass is 9.80. The highest BCUT2D eigenvalue weighted by Gasteiger charge is 2.32. The highest BCUT2D eigenvalue weighted by Crippen LogP contribution is 2.29. The molecule has 0 saturated heterocycles. The van der Waals surface area contributed by atoms with Gasteiger partial charge in [0.2, 0.25) is 11.8 Å². The van der Waals surface area contributed by atoms with Crippen molar-refractivity contribution in [3.05, 3.63) is 41.7 Å². The molecule has 0 aromatic heterocycles. The summed E-state index contributed by atoms with van der Waals surface area (Å²) in [6.45, 7) is 1.73. The third kappa shape index (κ3) is 5.63. The molecule has 0 bridgehead atoms. The van der Waals surface area contributed by atoms with Gasteiger partial charge in [0.25, 0.3) is 0 Å². The maximum absolute atomic E-state index is 12.7. The Hall–Kier alpha value is -2.71. The summed E-state index contributed by atoms with van der Waals surface area (Å²) >= 11 is 0. The Morgan fingerprint density at radius 3 is 2.30 bits per heavy atom. The van der Waals surface area contributed by atoms with Crippen LogP contribution in [-0.4, -0.2) is 24.8 Å². The molecule has 1 aromatic carbocycles. The summed E-state index contributed by atoms with van der Waals surface area (Å²) in [6.07, 6.45) is 2.59. The first-order valence-electron chi connectivity index (χ1n) is 9.10. The van der Waals surface area contributed by atoms with E-state index in [1.807, 2.05) is 30.3 Å². The van der Waals surface area contributed by atoms with E-state index >= 15 is 0 Å². The van der Waals surface area contributed by atoms with Gasteiger partial charge in [0, 0.05) is 24.6 Å². The second kappa shape index (κ2) is 9.84. The van der Waals surface area contributed by atoms with E-state index in [0.29, 0.717) is 25.0 Å². The van der Waals surface area contributed by atoms with E-state index in [2.05, 4.69) is 16.1 Å². The molecule has 0 aliphatic heterocycles. The van der Waals surface area contributed by atoms with Gasteiger partial charge in [-0.1, -0.05) is 24.6 Å². The third-order valence-electron chi connectivity index (χ3n) is 4.90. The molecule has 1 aromatic rings. The first-order chi connectivity index (χ1) is 13.0. The van der Waals surface area contributed by atoms with E-state index in [0.717, 1.165) is 12.1 Å². The van der Waals surface area contributed by atoms with Crippen LogP contribution >= 0.6 is 0 Å². The maximum atomic E-state index is 12.7. The van der Waals surface area contributed by atoms with Gasteiger partial charge in [-0.05, 0) is 38.3 Å². The van der Waals surface area contributed by atoms with Crippen LogP contribution in [0, 0.1) is 11.8 Å². The Kier molecular flexibility index (Phi) is 7.51. The summed E-state index contributed by atoms with van der Waals surface area (Å²) in [5.74, 6) is 3.83. The highest BCUT2D eigenvalue weighted by molar-refractivity contribution is 5.94. The van der Waals surface area contributed by atoms with Crippen LogP contribution in [0.3, 0.4) is 0 Å². The van der Waals surface area contributed by atoms with Gasteiger partial charge in [0.15, 0.2) is 5.70 Å². The topological polar surface area (TPSA) is 130 Å². The molecule has 7 N–H and O–H groups in total. The number of benzene rings is 1. The third-order valence-corrected chi connectivity index (χ3v) is 4.90. The summed E-state index contributed by atoms with van der Waals surface area (Å²) in [5.41, 5.74) is 3.71. The lowest BCUT2D eigenvalue weighted by Gasteiger charge is -2.27. The average Bonchev–Trinajstić information content (AvgIpc) is 2.71. The van der Waals surface area contributed by atoms with Crippen molar-refractivity contribution in [1.29, 1.82) is 0 Å². The summed E-state index contributed by atoms with van der Waals surface area (Å²) in [5, 5.41) is 7.18. The van der Waals surface area contributed by atoms with Crippen LogP contribution in [-0.2, 0) is 14.4 Å². The number of carbonyl (C=O) groups is 3. The average molecular weight is 374 g/mol. The first kappa shape index (κ1) is 20.6. The lowest BCUT2D eigenvalue weighted by molar-refractivity contribution is -0.479. The quantitative estimate of drug-likeness (QED) is 0.154. The largest absolute Gasteiger partial charge is 0.390 e. The molecule has 1 aliphatic rings. The number of nitrogens with one attached hydrogen (secondary N) is 3. The van der Waals surface area contributed by atoms with E-state index in [1.54, 1.807) is 14.0 Å². The van der Waals surface area contributed by atoms with Crippen LogP contribution in [0.5, 0.6) is 0 Å². The number of quaternary nitrogens is 1. The zero-order valence-electron chi connectivity index (χ0n) is 15.7. The minimum Gasteiger partial charge on any atom is -0.390 e. The molecule has 27 heavy (non-hydrogen) atoms. The van der Waals surface area contributed by atoms with E-state index < -0.39 is 0 Å². The first-order valence-corrected chi connectivity index (χ1v) is 9.10. The van der Waals surface area contributed by atoms with Gasteiger partial charge in [-0.3, -0.25) is 15.0 Å². The second-order valence-corrected chi connectivity index (χ2v) is 6.73. The van der Waals surface area contributed by atoms with Crippen molar-refractivity contribution in [3.8, 4) is 0 Å². The number of nitrogens with two attached hydrogens (primary N) is 2.